The minimum absolute atomic E-state index is 0.0418. The molecule has 176 valence electrons. The van der Waals surface area contributed by atoms with Crippen LogP contribution in [0.25, 0.3) is 11.1 Å². The molecule has 2 aliphatic heterocycles. The van der Waals surface area contributed by atoms with Gasteiger partial charge in [0.05, 0.1) is 5.41 Å². The van der Waals surface area contributed by atoms with Gasteiger partial charge in [-0.05, 0) is 48.8 Å². The number of nitrogens with one attached hydrogen (secondary N) is 3. The predicted octanol–water partition coefficient (Wildman–Crippen LogP) is 3.14. The molecule has 2 aromatic carbocycles. The molecule has 0 bridgehead atoms. The SMILES string of the molecule is CCNC(=O)C1(Cc2ccccc2-c2ccccc2)CCN(C(=O)C2NNC(CC)C2C)C1. The first-order valence-electron chi connectivity index (χ1n) is 12.2. The van der Waals surface area contributed by atoms with E-state index < -0.39 is 5.41 Å². The molecule has 2 saturated heterocycles. The minimum Gasteiger partial charge on any atom is -0.356 e. The summed E-state index contributed by atoms with van der Waals surface area (Å²) in [4.78, 5) is 28.7. The summed E-state index contributed by atoms with van der Waals surface area (Å²) in [5.74, 6) is 0.342. The molecule has 6 heteroatoms. The Morgan fingerprint density at radius 1 is 1.06 bits per heavy atom. The summed E-state index contributed by atoms with van der Waals surface area (Å²) >= 11 is 0. The van der Waals surface area contributed by atoms with E-state index in [1.807, 2.05) is 42.2 Å². The van der Waals surface area contributed by atoms with E-state index in [1.54, 1.807) is 0 Å². The summed E-state index contributed by atoms with van der Waals surface area (Å²) in [7, 11) is 0. The van der Waals surface area contributed by atoms with Gasteiger partial charge in [-0.2, -0.15) is 0 Å². The highest BCUT2D eigenvalue weighted by Crippen LogP contribution is 2.38. The average Bonchev–Trinajstić information content (AvgIpc) is 3.44. The van der Waals surface area contributed by atoms with Crippen molar-refractivity contribution < 1.29 is 9.59 Å². The molecular weight excluding hydrogens is 412 g/mol. The molecule has 4 atom stereocenters. The lowest BCUT2D eigenvalue weighted by molar-refractivity contribution is -0.135. The molecule has 2 heterocycles. The average molecular weight is 449 g/mol. The molecule has 2 aliphatic rings. The first kappa shape index (κ1) is 23.5. The smallest absolute Gasteiger partial charge is 0.241 e. The number of carbonyl (C=O) groups excluding carboxylic acids is 2. The lowest BCUT2D eigenvalue weighted by Crippen LogP contribution is -2.49. The van der Waals surface area contributed by atoms with E-state index in [2.05, 4.69) is 54.3 Å². The van der Waals surface area contributed by atoms with E-state index in [9.17, 15) is 9.59 Å². The Morgan fingerprint density at radius 3 is 2.48 bits per heavy atom. The topological polar surface area (TPSA) is 73.5 Å². The van der Waals surface area contributed by atoms with E-state index in [1.165, 1.54) is 0 Å². The quantitative estimate of drug-likeness (QED) is 0.609. The molecule has 33 heavy (non-hydrogen) atoms. The fraction of sp³-hybridized carbons (Fsp3) is 0.481. The number of likely N-dealkylation sites (tertiary alicyclic amines) is 1. The Morgan fingerprint density at radius 2 is 1.79 bits per heavy atom. The molecule has 6 nitrogen and oxygen atoms in total. The maximum Gasteiger partial charge on any atom is 0.241 e. The molecule has 0 aliphatic carbocycles. The third-order valence-corrected chi connectivity index (χ3v) is 7.41. The molecule has 3 N–H and O–H groups in total. The van der Waals surface area contributed by atoms with Crippen LogP contribution < -0.4 is 16.2 Å². The summed E-state index contributed by atoms with van der Waals surface area (Å²) in [5.41, 5.74) is 9.27. The van der Waals surface area contributed by atoms with E-state index in [4.69, 9.17) is 0 Å². The van der Waals surface area contributed by atoms with Crippen molar-refractivity contribution in [2.75, 3.05) is 19.6 Å². The van der Waals surface area contributed by atoms with Gasteiger partial charge in [-0.15, -0.1) is 0 Å². The predicted molar refractivity (Wildman–Crippen MR) is 131 cm³/mol. The molecule has 2 aromatic rings. The Labute approximate surface area is 197 Å². The van der Waals surface area contributed by atoms with E-state index in [0.717, 1.165) is 23.1 Å². The van der Waals surface area contributed by atoms with Crippen molar-refractivity contribution in [3.05, 3.63) is 60.2 Å². The van der Waals surface area contributed by atoms with Gasteiger partial charge in [-0.1, -0.05) is 68.4 Å². The van der Waals surface area contributed by atoms with Gasteiger partial charge in [0, 0.05) is 25.7 Å². The second-order valence-electron chi connectivity index (χ2n) is 9.49. The highest BCUT2D eigenvalue weighted by Gasteiger charge is 2.48. The van der Waals surface area contributed by atoms with Crippen LogP contribution in [0.4, 0.5) is 0 Å². The van der Waals surface area contributed by atoms with Crippen molar-refractivity contribution in [2.45, 2.75) is 52.1 Å². The standard InChI is InChI=1S/C27H36N4O2/c1-4-23-19(3)24(30-29-23)25(32)31-16-15-27(18-31,26(33)28-5-2)17-21-13-9-10-14-22(21)20-11-7-6-8-12-20/h6-14,19,23-24,29-30H,4-5,15-18H2,1-3H3,(H,28,33). The van der Waals surface area contributed by atoms with Crippen LogP contribution in [0.15, 0.2) is 54.6 Å². The van der Waals surface area contributed by atoms with Crippen LogP contribution in [0.5, 0.6) is 0 Å². The van der Waals surface area contributed by atoms with Crippen molar-refractivity contribution in [1.29, 1.82) is 0 Å². The molecule has 4 rings (SSSR count). The lowest BCUT2D eigenvalue weighted by atomic mass is 9.78. The van der Waals surface area contributed by atoms with Gasteiger partial charge >= 0.3 is 0 Å². The number of nitrogens with zero attached hydrogens (tertiary/aromatic N) is 1. The van der Waals surface area contributed by atoms with Crippen LogP contribution in [0.2, 0.25) is 0 Å². The van der Waals surface area contributed by atoms with Crippen LogP contribution in [-0.2, 0) is 16.0 Å². The fourth-order valence-electron chi connectivity index (χ4n) is 5.41. The van der Waals surface area contributed by atoms with Crippen LogP contribution in [0.1, 0.15) is 39.2 Å². The molecule has 0 aromatic heterocycles. The summed E-state index contributed by atoms with van der Waals surface area (Å²) in [5, 5.41) is 3.06. The number of hydrazine groups is 1. The molecule has 2 amide bonds. The fourth-order valence-corrected chi connectivity index (χ4v) is 5.41. The zero-order chi connectivity index (χ0) is 23.4. The molecule has 2 fully saturated rings. The second-order valence-corrected chi connectivity index (χ2v) is 9.49. The van der Waals surface area contributed by atoms with Gasteiger partial charge in [0.25, 0.3) is 0 Å². The highest BCUT2D eigenvalue weighted by molar-refractivity contribution is 5.88. The monoisotopic (exact) mass is 448 g/mol. The summed E-state index contributed by atoms with van der Waals surface area (Å²) in [6.45, 7) is 7.82. The van der Waals surface area contributed by atoms with Crippen molar-refractivity contribution >= 4 is 11.8 Å². The zero-order valence-corrected chi connectivity index (χ0v) is 19.9. The molecule has 0 radical (unpaired) electrons. The van der Waals surface area contributed by atoms with Crippen LogP contribution >= 0.6 is 0 Å². The first-order chi connectivity index (χ1) is 16.0. The normalized spacial score (nSPS) is 27.0. The van der Waals surface area contributed by atoms with E-state index in [-0.39, 0.29) is 29.8 Å². The van der Waals surface area contributed by atoms with Crippen molar-refractivity contribution in [3.63, 3.8) is 0 Å². The Kier molecular flexibility index (Phi) is 7.15. The molecule has 0 spiro atoms. The van der Waals surface area contributed by atoms with Gasteiger partial charge in [0.1, 0.15) is 6.04 Å². The van der Waals surface area contributed by atoms with Gasteiger partial charge in [0.2, 0.25) is 11.8 Å². The number of rotatable bonds is 7. The molecule has 4 unspecified atom stereocenters. The van der Waals surface area contributed by atoms with Gasteiger partial charge in [-0.3, -0.25) is 15.0 Å². The summed E-state index contributed by atoms with van der Waals surface area (Å²) < 4.78 is 0. The third-order valence-electron chi connectivity index (χ3n) is 7.41. The van der Waals surface area contributed by atoms with Gasteiger partial charge in [-0.25, -0.2) is 5.43 Å². The zero-order valence-electron chi connectivity index (χ0n) is 19.9. The van der Waals surface area contributed by atoms with E-state index >= 15 is 0 Å². The summed E-state index contributed by atoms with van der Waals surface area (Å²) in [6, 6.07) is 18.6. The largest absolute Gasteiger partial charge is 0.356 e. The van der Waals surface area contributed by atoms with Crippen molar-refractivity contribution in [1.82, 2.24) is 21.1 Å². The Balaban J connectivity index is 1.59. The summed E-state index contributed by atoms with van der Waals surface area (Å²) in [6.07, 6.45) is 2.24. The van der Waals surface area contributed by atoms with Crippen LogP contribution in [0.3, 0.4) is 0 Å². The molecule has 0 saturated carbocycles. The Hall–Kier alpha value is -2.70. The van der Waals surface area contributed by atoms with Crippen molar-refractivity contribution in [3.8, 4) is 11.1 Å². The maximum absolute atomic E-state index is 13.4. The number of carbonyl (C=O) groups is 2. The molecular formula is C27H36N4O2. The van der Waals surface area contributed by atoms with Crippen LogP contribution in [0, 0.1) is 11.3 Å². The Bertz CT molecular complexity index is 979. The second kappa shape index (κ2) is 10.1. The third kappa shape index (κ3) is 4.68. The lowest BCUT2D eigenvalue weighted by Gasteiger charge is -2.30. The first-order valence-corrected chi connectivity index (χ1v) is 12.2. The minimum atomic E-state index is -0.629. The number of hydrogen-bond acceptors (Lipinski definition) is 4. The van der Waals surface area contributed by atoms with E-state index in [0.29, 0.717) is 32.5 Å². The highest BCUT2D eigenvalue weighted by atomic mass is 16.2. The number of benzene rings is 2. The van der Waals surface area contributed by atoms with Gasteiger partial charge < -0.3 is 10.2 Å². The van der Waals surface area contributed by atoms with Crippen LogP contribution in [-0.4, -0.2) is 48.4 Å². The van der Waals surface area contributed by atoms with Gasteiger partial charge in [0.15, 0.2) is 0 Å². The number of hydrogen-bond donors (Lipinski definition) is 3. The maximum atomic E-state index is 13.4. The van der Waals surface area contributed by atoms with Crippen molar-refractivity contribution in [2.24, 2.45) is 11.3 Å². The number of amides is 2.